The third-order valence-corrected chi connectivity index (χ3v) is 4.68. The van der Waals surface area contributed by atoms with Gasteiger partial charge in [-0.05, 0) is 57.2 Å². The maximum Gasteiger partial charge on any atom is 0.0101 e. The molecule has 2 unspecified atom stereocenters. The molecule has 3 rings (SSSR count). The van der Waals surface area contributed by atoms with Gasteiger partial charge in [0.1, 0.15) is 0 Å². The van der Waals surface area contributed by atoms with E-state index >= 15 is 0 Å². The van der Waals surface area contributed by atoms with E-state index in [1.807, 2.05) is 0 Å². The van der Waals surface area contributed by atoms with E-state index < -0.39 is 0 Å². The molecule has 0 aromatic carbocycles. The second-order valence-corrected chi connectivity index (χ2v) is 5.57. The van der Waals surface area contributed by atoms with Crippen LogP contribution in [0.4, 0.5) is 0 Å². The molecule has 80 valence electrons. The predicted octanol–water partition coefficient (Wildman–Crippen LogP) is 1.61. The van der Waals surface area contributed by atoms with Crippen LogP contribution in [0.15, 0.2) is 0 Å². The fourth-order valence-corrected chi connectivity index (χ4v) is 3.75. The topological polar surface area (TPSA) is 15.3 Å². The predicted molar refractivity (Wildman–Crippen MR) is 58.4 cm³/mol. The molecule has 0 radical (unpaired) electrons. The van der Waals surface area contributed by atoms with Crippen LogP contribution in [-0.4, -0.2) is 37.1 Å². The summed E-state index contributed by atoms with van der Waals surface area (Å²) in [5.74, 6) is 0. The molecule has 0 saturated carbocycles. The Labute approximate surface area is 87.0 Å². The van der Waals surface area contributed by atoms with Crippen LogP contribution in [0.3, 0.4) is 0 Å². The number of hydrogen-bond donors (Lipinski definition) is 1. The first-order chi connectivity index (χ1) is 6.88. The molecule has 1 N–H and O–H groups in total. The van der Waals surface area contributed by atoms with Crippen molar-refractivity contribution in [2.75, 3.05) is 26.2 Å². The van der Waals surface area contributed by atoms with Crippen LogP contribution in [0, 0.1) is 5.41 Å². The highest BCUT2D eigenvalue weighted by Crippen LogP contribution is 2.42. The van der Waals surface area contributed by atoms with Gasteiger partial charge in [-0.15, -0.1) is 0 Å². The Hall–Kier alpha value is -0.0800. The summed E-state index contributed by atoms with van der Waals surface area (Å²) in [4.78, 5) is 2.76. The van der Waals surface area contributed by atoms with Gasteiger partial charge in [0, 0.05) is 12.6 Å². The molecule has 0 bridgehead atoms. The number of hydrogen-bond acceptors (Lipinski definition) is 2. The lowest BCUT2D eigenvalue weighted by molar-refractivity contribution is 0.0362. The van der Waals surface area contributed by atoms with E-state index in [0.29, 0.717) is 5.41 Å². The summed E-state index contributed by atoms with van der Waals surface area (Å²) in [7, 11) is 0. The van der Waals surface area contributed by atoms with E-state index in [1.54, 1.807) is 0 Å². The van der Waals surface area contributed by atoms with Gasteiger partial charge in [0.25, 0.3) is 0 Å². The molecule has 1 spiro atoms. The van der Waals surface area contributed by atoms with E-state index in [2.05, 4.69) is 10.2 Å². The Bertz CT molecular complexity index is 208. The van der Waals surface area contributed by atoms with Crippen LogP contribution < -0.4 is 5.32 Å². The summed E-state index contributed by atoms with van der Waals surface area (Å²) >= 11 is 0. The zero-order chi connectivity index (χ0) is 9.43. The lowest BCUT2D eigenvalue weighted by Gasteiger charge is -2.47. The minimum atomic E-state index is 0.707. The first kappa shape index (κ1) is 9.17. The molecule has 14 heavy (non-hydrogen) atoms. The molecule has 0 aliphatic carbocycles. The van der Waals surface area contributed by atoms with Gasteiger partial charge in [-0.25, -0.2) is 0 Å². The lowest BCUT2D eigenvalue weighted by Crippen LogP contribution is -2.49. The van der Waals surface area contributed by atoms with E-state index in [9.17, 15) is 0 Å². The fourth-order valence-electron chi connectivity index (χ4n) is 3.75. The molecule has 3 aliphatic rings. The third-order valence-electron chi connectivity index (χ3n) is 4.68. The largest absolute Gasteiger partial charge is 0.316 e. The zero-order valence-corrected chi connectivity index (χ0v) is 9.10. The second-order valence-electron chi connectivity index (χ2n) is 5.57. The van der Waals surface area contributed by atoms with E-state index in [-0.39, 0.29) is 0 Å². The quantitative estimate of drug-likeness (QED) is 0.630. The fraction of sp³-hybridized carbons (Fsp3) is 1.00. The van der Waals surface area contributed by atoms with Crippen molar-refractivity contribution >= 4 is 0 Å². The molecular formula is C12H22N2. The first-order valence-electron chi connectivity index (χ1n) is 6.33. The molecule has 3 aliphatic heterocycles. The standard InChI is InChI=1S/C12H22N2/c1-2-7-14-8-5-12(4-6-13-10-12)9-11(14)3-1/h11,13H,1-10H2. The van der Waals surface area contributed by atoms with E-state index in [0.717, 1.165) is 6.04 Å². The Balaban J connectivity index is 1.70. The molecule has 0 aromatic heterocycles. The van der Waals surface area contributed by atoms with Gasteiger partial charge in [-0.2, -0.15) is 0 Å². The van der Waals surface area contributed by atoms with Gasteiger partial charge in [-0.3, -0.25) is 0 Å². The highest BCUT2D eigenvalue weighted by molar-refractivity contribution is 4.97. The highest BCUT2D eigenvalue weighted by atomic mass is 15.2. The van der Waals surface area contributed by atoms with Crippen LogP contribution in [0.1, 0.15) is 38.5 Å². The van der Waals surface area contributed by atoms with Crippen molar-refractivity contribution in [1.29, 1.82) is 0 Å². The molecular weight excluding hydrogens is 172 g/mol. The molecule has 3 fully saturated rings. The minimum Gasteiger partial charge on any atom is -0.316 e. The van der Waals surface area contributed by atoms with Crippen LogP contribution in [0.5, 0.6) is 0 Å². The van der Waals surface area contributed by atoms with Crippen LogP contribution in [0.25, 0.3) is 0 Å². The third kappa shape index (κ3) is 1.49. The molecule has 2 atom stereocenters. The average molecular weight is 194 g/mol. The molecule has 2 nitrogen and oxygen atoms in total. The number of nitrogens with zero attached hydrogens (tertiary/aromatic N) is 1. The monoisotopic (exact) mass is 194 g/mol. The Kier molecular flexibility index (Phi) is 2.29. The maximum absolute atomic E-state index is 3.56. The summed E-state index contributed by atoms with van der Waals surface area (Å²) in [5, 5.41) is 3.56. The lowest BCUT2D eigenvalue weighted by atomic mass is 9.73. The van der Waals surface area contributed by atoms with Crippen molar-refractivity contribution in [2.45, 2.75) is 44.6 Å². The first-order valence-corrected chi connectivity index (χ1v) is 6.33. The van der Waals surface area contributed by atoms with Gasteiger partial charge in [0.15, 0.2) is 0 Å². The van der Waals surface area contributed by atoms with E-state index in [4.69, 9.17) is 0 Å². The highest BCUT2D eigenvalue weighted by Gasteiger charge is 2.41. The van der Waals surface area contributed by atoms with Gasteiger partial charge in [0.05, 0.1) is 0 Å². The van der Waals surface area contributed by atoms with Crippen LogP contribution in [-0.2, 0) is 0 Å². The van der Waals surface area contributed by atoms with Crippen molar-refractivity contribution in [3.8, 4) is 0 Å². The molecule has 2 heteroatoms. The summed E-state index contributed by atoms with van der Waals surface area (Å²) in [6, 6.07) is 0.942. The molecule has 3 heterocycles. The number of rotatable bonds is 0. The summed E-state index contributed by atoms with van der Waals surface area (Å²) in [6.45, 7) is 5.34. The SMILES string of the molecule is C1CCN2CCC3(CCNC3)CC2C1. The number of piperidine rings is 2. The van der Waals surface area contributed by atoms with Crippen molar-refractivity contribution in [3.63, 3.8) is 0 Å². The van der Waals surface area contributed by atoms with Gasteiger partial charge in [0.2, 0.25) is 0 Å². The normalized spacial score (nSPS) is 44.1. The zero-order valence-electron chi connectivity index (χ0n) is 9.10. The summed E-state index contributed by atoms with van der Waals surface area (Å²) < 4.78 is 0. The molecule has 3 saturated heterocycles. The van der Waals surface area contributed by atoms with Gasteiger partial charge < -0.3 is 10.2 Å². The van der Waals surface area contributed by atoms with Crippen molar-refractivity contribution in [3.05, 3.63) is 0 Å². The van der Waals surface area contributed by atoms with Gasteiger partial charge in [-0.1, -0.05) is 6.42 Å². The second kappa shape index (κ2) is 3.49. The maximum atomic E-state index is 3.56. The van der Waals surface area contributed by atoms with Crippen molar-refractivity contribution < 1.29 is 0 Å². The number of nitrogens with one attached hydrogen (secondary N) is 1. The Morgan fingerprint density at radius 2 is 2.14 bits per heavy atom. The average Bonchev–Trinajstić information content (AvgIpc) is 2.66. The van der Waals surface area contributed by atoms with Crippen LogP contribution >= 0.6 is 0 Å². The minimum absolute atomic E-state index is 0.707. The Morgan fingerprint density at radius 1 is 1.14 bits per heavy atom. The summed E-state index contributed by atoms with van der Waals surface area (Å²) in [5.41, 5.74) is 0.707. The van der Waals surface area contributed by atoms with Gasteiger partial charge >= 0.3 is 0 Å². The van der Waals surface area contributed by atoms with Crippen molar-refractivity contribution in [2.24, 2.45) is 5.41 Å². The summed E-state index contributed by atoms with van der Waals surface area (Å²) in [6.07, 6.45) is 8.78. The van der Waals surface area contributed by atoms with Crippen LogP contribution in [0.2, 0.25) is 0 Å². The smallest absolute Gasteiger partial charge is 0.0101 e. The number of fused-ring (bicyclic) bond motifs is 1. The molecule has 0 aromatic rings. The van der Waals surface area contributed by atoms with Crippen molar-refractivity contribution in [1.82, 2.24) is 10.2 Å². The Morgan fingerprint density at radius 3 is 3.00 bits per heavy atom. The molecule has 0 amide bonds. The van der Waals surface area contributed by atoms with E-state index in [1.165, 1.54) is 64.7 Å².